The van der Waals surface area contributed by atoms with Crippen LogP contribution in [0.5, 0.6) is 5.75 Å². The third-order valence-electron chi connectivity index (χ3n) is 3.26. The smallest absolute Gasteiger partial charge is 0.169 e. The molecule has 0 spiro atoms. The first-order valence-electron chi connectivity index (χ1n) is 6.08. The number of nitrogens with zero attached hydrogens (tertiary/aromatic N) is 1. The van der Waals surface area contributed by atoms with Crippen molar-refractivity contribution in [3.8, 4) is 17.1 Å². The predicted molar refractivity (Wildman–Crippen MR) is 69.4 cm³/mol. The summed E-state index contributed by atoms with van der Waals surface area (Å²) in [5.41, 5.74) is 7.64. The molecule has 0 radical (unpaired) electrons. The molecule has 0 fully saturated rings. The molecule has 0 saturated heterocycles. The molecule has 2 heterocycles. The highest BCUT2D eigenvalue weighted by atomic mass is 16.5. The third-order valence-corrected chi connectivity index (χ3v) is 3.26. The zero-order valence-corrected chi connectivity index (χ0v) is 10.6. The van der Waals surface area contributed by atoms with Crippen LogP contribution in [0.15, 0.2) is 28.8 Å². The second kappa shape index (κ2) is 3.77. The Hall–Kier alpha value is -1.97. The first-order chi connectivity index (χ1) is 8.53. The lowest BCUT2D eigenvalue weighted by atomic mass is 9.93. The van der Waals surface area contributed by atoms with Crippen LogP contribution in [0, 0.1) is 0 Å². The molecular weight excluding hydrogens is 228 g/mol. The van der Waals surface area contributed by atoms with Crippen LogP contribution in [-0.4, -0.2) is 10.8 Å². The van der Waals surface area contributed by atoms with Crippen LogP contribution in [0.3, 0.4) is 0 Å². The number of rotatable bonds is 1. The molecule has 3 rings (SSSR count). The minimum absolute atomic E-state index is 0.105. The van der Waals surface area contributed by atoms with Crippen molar-refractivity contribution < 1.29 is 9.26 Å². The normalized spacial score (nSPS) is 17.0. The van der Waals surface area contributed by atoms with E-state index in [-0.39, 0.29) is 5.60 Å². The van der Waals surface area contributed by atoms with Gasteiger partial charge in [-0.25, -0.2) is 0 Å². The highest BCUT2D eigenvalue weighted by molar-refractivity contribution is 5.63. The van der Waals surface area contributed by atoms with E-state index in [2.05, 4.69) is 25.1 Å². The van der Waals surface area contributed by atoms with Crippen LogP contribution < -0.4 is 10.5 Å². The van der Waals surface area contributed by atoms with Gasteiger partial charge in [0.2, 0.25) is 0 Å². The van der Waals surface area contributed by atoms with Crippen LogP contribution in [0.2, 0.25) is 0 Å². The highest BCUT2D eigenvalue weighted by Gasteiger charge is 2.26. The molecule has 0 saturated carbocycles. The van der Waals surface area contributed by atoms with Gasteiger partial charge in [-0.05, 0) is 38.3 Å². The maximum atomic E-state index is 5.99. The Morgan fingerprint density at radius 1 is 1.28 bits per heavy atom. The van der Waals surface area contributed by atoms with Crippen LogP contribution in [0.25, 0.3) is 11.3 Å². The van der Waals surface area contributed by atoms with Gasteiger partial charge >= 0.3 is 0 Å². The molecule has 1 aromatic carbocycles. The van der Waals surface area contributed by atoms with E-state index in [4.69, 9.17) is 15.0 Å². The SMILES string of the molecule is CC1(C)CCc2ccc(-c3cc(N)no3)cc2O1. The van der Waals surface area contributed by atoms with Gasteiger partial charge in [-0.2, -0.15) is 0 Å². The molecule has 94 valence electrons. The fourth-order valence-corrected chi connectivity index (χ4v) is 2.22. The summed E-state index contributed by atoms with van der Waals surface area (Å²) < 4.78 is 11.2. The Morgan fingerprint density at radius 2 is 2.11 bits per heavy atom. The first kappa shape index (κ1) is 11.1. The summed E-state index contributed by atoms with van der Waals surface area (Å²) in [7, 11) is 0. The molecule has 1 aromatic heterocycles. The van der Waals surface area contributed by atoms with Crippen molar-refractivity contribution in [3.63, 3.8) is 0 Å². The van der Waals surface area contributed by atoms with Gasteiger partial charge in [-0.15, -0.1) is 0 Å². The standard InChI is InChI=1S/C14H16N2O2/c1-14(2)6-5-9-3-4-10(7-11(9)17-14)12-8-13(15)16-18-12/h3-4,7-8H,5-6H2,1-2H3,(H2,15,16). The topological polar surface area (TPSA) is 61.3 Å². The number of hydrogen-bond acceptors (Lipinski definition) is 4. The third kappa shape index (κ3) is 1.94. The summed E-state index contributed by atoms with van der Waals surface area (Å²) in [6.07, 6.45) is 2.08. The number of aryl methyl sites for hydroxylation is 1. The van der Waals surface area contributed by atoms with E-state index in [1.807, 2.05) is 12.1 Å². The van der Waals surface area contributed by atoms with Gasteiger partial charge in [-0.3, -0.25) is 0 Å². The minimum atomic E-state index is -0.105. The van der Waals surface area contributed by atoms with E-state index in [9.17, 15) is 0 Å². The molecule has 1 aliphatic heterocycles. The van der Waals surface area contributed by atoms with E-state index in [0.29, 0.717) is 11.6 Å². The van der Waals surface area contributed by atoms with E-state index < -0.39 is 0 Å². The number of ether oxygens (including phenoxy) is 1. The van der Waals surface area contributed by atoms with Crippen molar-refractivity contribution in [1.29, 1.82) is 0 Å². The molecule has 18 heavy (non-hydrogen) atoms. The summed E-state index contributed by atoms with van der Waals surface area (Å²) in [5, 5.41) is 3.70. The number of anilines is 1. The largest absolute Gasteiger partial charge is 0.488 e. The Bertz CT molecular complexity index is 587. The number of hydrogen-bond donors (Lipinski definition) is 1. The molecule has 2 aromatic rings. The van der Waals surface area contributed by atoms with Crippen molar-refractivity contribution in [3.05, 3.63) is 29.8 Å². The van der Waals surface area contributed by atoms with Gasteiger partial charge in [0.25, 0.3) is 0 Å². The molecule has 0 aliphatic carbocycles. The quantitative estimate of drug-likeness (QED) is 0.837. The number of nitrogen functional groups attached to an aromatic ring is 1. The van der Waals surface area contributed by atoms with Crippen LogP contribution in [0.1, 0.15) is 25.8 Å². The van der Waals surface area contributed by atoms with Gasteiger partial charge in [0.15, 0.2) is 11.6 Å². The fourth-order valence-electron chi connectivity index (χ4n) is 2.22. The number of benzene rings is 1. The summed E-state index contributed by atoms with van der Waals surface area (Å²) in [4.78, 5) is 0. The van der Waals surface area contributed by atoms with Crippen molar-refractivity contribution in [2.75, 3.05) is 5.73 Å². The van der Waals surface area contributed by atoms with Gasteiger partial charge in [0, 0.05) is 11.6 Å². The Labute approximate surface area is 106 Å². The van der Waals surface area contributed by atoms with Crippen LogP contribution in [-0.2, 0) is 6.42 Å². The van der Waals surface area contributed by atoms with Crippen molar-refractivity contribution in [2.24, 2.45) is 0 Å². The zero-order chi connectivity index (χ0) is 12.8. The number of fused-ring (bicyclic) bond motifs is 1. The molecule has 0 atom stereocenters. The Balaban J connectivity index is 2.00. The molecule has 0 amide bonds. The predicted octanol–water partition coefficient (Wildman–Crippen LogP) is 3.03. The Morgan fingerprint density at radius 3 is 2.83 bits per heavy atom. The summed E-state index contributed by atoms with van der Waals surface area (Å²) in [6, 6.07) is 7.81. The van der Waals surface area contributed by atoms with Gasteiger partial charge in [-0.1, -0.05) is 17.3 Å². The monoisotopic (exact) mass is 244 g/mol. The van der Waals surface area contributed by atoms with E-state index in [0.717, 1.165) is 24.2 Å². The maximum Gasteiger partial charge on any atom is 0.169 e. The van der Waals surface area contributed by atoms with Crippen molar-refractivity contribution in [1.82, 2.24) is 5.16 Å². The molecule has 4 nitrogen and oxygen atoms in total. The summed E-state index contributed by atoms with van der Waals surface area (Å²) >= 11 is 0. The first-order valence-corrected chi connectivity index (χ1v) is 6.08. The Kier molecular flexibility index (Phi) is 2.33. The lowest BCUT2D eigenvalue weighted by Crippen LogP contribution is -2.32. The second-order valence-electron chi connectivity index (χ2n) is 5.30. The van der Waals surface area contributed by atoms with Crippen LogP contribution >= 0.6 is 0 Å². The van der Waals surface area contributed by atoms with Crippen molar-refractivity contribution >= 4 is 5.82 Å². The highest BCUT2D eigenvalue weighted by Crippen LogP contribution is 2.36. The molecule has 0 unspecified atom stereocenters. The lowest BCUT2D eigenvalue weighted by molar-refractivity contribution is 0.0847. The van der Waals surface area contributed by atoms with E-state index in [1.54, 1.807) is 6.07 Å². The number of aromatic nitrogens is 1. The van der Waals surface area contributed by atoms with Gasteiger partial charge in [0.05, 0.1) is 0 Å². The van der Waals surface area contributed by atoms with Gasteiger partial charge < -0.3 is 15.0 Å². The molecular formula is C14H16N2O2. The molecule has 1 aliphatic rings. The average Bonchev–Trinajstić information content (AvgIpc) is 2.74. The van der Waals surface area contributed by atoms with Crippen molar-refractivity contribution in [2.45, 2.75) is 32.3 Å². The summed E-state index contributed by atoms with van der Waals surface area (Å²) in [6.45, 7) is 4.21. The molecule has 4 heteroatoms. The average molecular weight is 244 g/mol. The maximum absolute atomic E-state index is 5.99. The lowest BCUT2D eigenvalue weighted by Gasteiger charge is -2.32. The summed E-state index contributed by atoms with van der Waals surface area (Å²) in [5.74, 6) is 1.99. The second-order valence-corrected chi connectivity index (χ2v) is 5.30. The molecule has 2 N–H and O–H groups in total. The number of nitrogens with two attached hydrogens (primary N) is 1. The van der Waals surface area contributed by atoms with Gasteiger partial charge in [0.1, 0.15) is 11.4 Å². The van der Waals surface area contributed by atoms with Crippen LogP contribution in [0.4, 0.5) is 5.82 Å². The van der Waals surface area contributed by atoms with E-state index in [1.165, 1.54) is 5.56 Å². The minimum Gasteiger partial charge on any atom is -0.488 e. The molecule has 0 bridgehead atoms. The zero-order valence-electron chi connectivity index (χ0n) is 10.6. The van der Waals surface area contributed by atoms with E-state index >= 15 is 0 Å². The fraction of sp³-hybridized carbons (Fsp3) is 0.357.